The number of nitrogens with one attached hydrogen (secondary N) is 1. The smallest absolute Gasteiger partial charge is 0.313 e. The highest BCUT2D eigenvalue weighted by atomic mass is 19.1. The average molecular weight is 340 g/mol. The monoisotopic (exact) mass is 340 g/mol. The summed E-state index contributed by atoms with van der Waals surface area (Å²) < 4.78 is 19.3. The Hall–Kier alpha value is -2.42. The molecule has 1 aromatic carbocycles. The van der Waals surface area contributed by atoms with Crippen LogP contribution in [-0.2, 0) is 4.79 Å². The van der Waals surface area contributed by atoms with Crippen molar-refractivity contribution in [1.29, 1.82) is 0 Å². The van der Waals surface area contributed by atoms with Gasteiger partial charge in [0.15, 0.2) is 11.6 Å². The van der Waals surface area contributed by atoms with Gasteiger partial charge in [-0.25, -0.2) is 4.39 Å². The summed E-state index contributed by atoms with van der Waals surface area (Å²) in [5.41, 5.74) is 5.15. The Balaban J connectivity index is 2.21. The number of nitrogens with two attached hydrogens (primary N) is 1. The van der Waals surface area contributed by atoms with Gasteiger partial charge in [0.2, 0.25) is 5.91 Å². The fourth-order valence-electron chi connectivity index (χ4n) is 2.83. The molecule has 1 unspecified atom stereocenters. The van der Waals surface area contributed by atoms with Gasteiger partial charge >= 0.3 is 5.69 Å². The Morgan fingerprint density at radius 3 is 2.96 bits per heavy atom. The Labute approximate surface area is 138 Å². The topological polar surface area (TPSA) is 111 Å². The van der Waals surface area contributed by atoms with Crippen LogP contribution in [0.5, 0.6) is 5.75 Å². The molecule has 24 heavy (non-hydrogen) atoms. The number of anilines is 1. The van der Waals surface area contributed by atoms with Gasteiger partial charge in [-0.1, -0.05) is 0 Å². The van der Waals surface area contributed by atoms with Crippen LogP contribution in [0.1, 0.15) is 12.8 Å². The molecular weight excluding hydrogens is 319 g/mol. The lowest BCUT2D eigenvalue weighted by atomic mass is 9.96. The molecule has 0 saturated carbocycles. The molecule has 3 N–H and O–H groups in total. The maximum absolute atomic E-state index is 14.3. The number of methoxy groups -OCH3 is 1. The molecule has 0 bridgehead atoms. The number of hydrogen-bond acceptors (Lipinski definition) is 6. The van der Waals surface area contributed by atoms with Gasteiger partial charge < -0.3 is 20.7 Å². The number of nitrogens with zero attached hydrogens (tertiary/aromatic N) is 2. The molecular formula is C15H21FN4O4. The van der Waals surface area contributed by atoms with Crippen molar-refractivity contribution in [3.8, 4) is 5.75 Å². The van der Waals surface area contributed by atoms with Crippen molar-refractivity contribution in [3.05, 3.63) is 28.1 Å². The third-order valence-corrected chi connectivity index (χ3v) is 4.02. The first-order valence-electron chi connectivity index (χ1n) is 7.72. The van der Waals surface area contributed by atoms with E-state index in [4.69, 9.17) is 10.5 Å². The summed E-state index contributed by atoms with van der Waals surface area (Å²) in [6, 6.07) is 2.17. The van der Waals surface area contributed by atoms with Crippen LogP contribution in [0, 0.1) is 21.8 Å². The van der Waals surface area contributed by atoms with Crippen molar-refractivity contribution >= 4 is 17.3 Å². The summed E-state index contributed by atoms with van der Waals surface area (Å²) >= 11 is 0. The number of amides is 1. The molecule has 1 heterocycles. The standard InChI is InChI=1S/C15H21FN4O4/c1-24-14-8-12(11(16)7-13(14)20(22)23)19-6-2-3-10(9-19)15(21)18-5-4-17/h7-8,10H,2-6,9,17H2,1H3,(H,18,21). The van der Waals surface area contributed by atoms with E-state index < -0.39 is 16.4 Å². The highest BCUT2D eigenvalue weighted by Gasteiger charge is 2.29. The summed E-state index contributed by atoms with van der Waals surface area (Å²) in [5.74, 6) is -1.10. The molecule has 0 spiro atoms. The number of piperidine rings is 1. The first kappa shape index (κ1) is 17.9. The number of carbonyl (C=O) groups excluding carboxylic acids is 1. The number of ether oxygens (including phenoxy) is 1. The van der Waals surface area contributed by atoms with Crippen molar-refractivity contribution in [2.75, 3.05) is 38.2 Å². The molecule has 9 heteroatoms. The zero-order valence-electron chi connectivity index (χ0n) is 13.5. The third-order valence-electron chi connectivity index (χ3n) is 4.02. The number of halogens is 1. The van der Waals surface area contributed by atoms with Crippen LogP contribution in [0.3, 0.4) is 0 Å². The van der Waals surface area contributed by atoms with E-state index in [9.17, 15) is 19.3 Å². The predicted octanol–water partition coefficient (Wildman–Crippen LogP) is 1.03. The Morgan fingerprint density at radius 2 is 2.33 bits per heavy atom. The Morgan fingerprint density at radius 1 is 1.58 bits per heavy atom. The summed E-state index contributed by atoms with van der Waals surface area (Å²) in [6.07, 6.45) is 1.43. The number of rotatable bonds is 6. The van der Waals surface area contributed by atoms with Gasteiger partial charge in [0, 0.05) is 32.2 Å². The lowest BCUT2D eigenvalue weighted by Crippen LogP contribution is -2.44. The van der Waals surface area contributed by atoms with E-state index in [-0.39, 0.29) is 23.3 Å². The van der Waals surface area contributed by atoms with Crippen molar-refractivity contribution in [3.63, 3.8) is 0 Å². The molecule has 1 fully saturated rings. The van der Waals surface area contributed by atoms with Crippen molar-refractivity contribution in [2.45, 2.75) is 12.8 Å². The largest absolute Gasteiger partial charge is 0.490 e. The first-order valence-corrected chi connectivity index (χ1v) is 7.72. The Bertz CT molecular complexity index is 626. The quantitative estimate of drug-likeness (QED) is 0.591. The van der Waals surface area contributed by atoms with Crippen LogP contribution in [0.4, 0.5) is 15.8 Å². The minimum Gasteiger partial charge on any atom is -0.490 e. The first-order chi connectivity index (χ1) is 11.5. The molecule has 1 aliphatic rings. The summed E-state index contributed by atoms with van der Waals surface area (Å²) in [5, 5.41) is 13.7. The zero-order valence-corrected chi connectivity index (χ0v) is 13.5. The van der Waals surface area contributed by atoms with Crippen LogP contribution in [0.15, 0.2) is 12.1 Å². The molecule has 1 aliphatic heterocycles. The van der Waals surface area contributed by atoms with Crippen LogP contribution >= 0.6 is 0 Å². The molecule has 0 radical (unpaired) electrons. The van der Waals surface area contributed by atoms with Gasteiger partial charge in [0.1, 0.15) is 0 Å². The number of nitro groups is 1. The minimum absolute atomic E-state index is 0.00823. The fraction of sp³-hybridized carbons (Fsp3) is 0.533. The van der Waals surface area contributed by atoms with Crippen molar-refractivity contribution in [1.82, 2.24) is 5.32 Å². The average Bonchev–Trinajstić information content (AvgIpc) is 2.59. The molecule has 1 atom stereocenters. The second-order valence-corrected chi connectivity index (χ2v) is 5.60. The van der Waals surface area contributed by atoms with Crippen LogP contribution in [0.25, 0.3) is 0 Å². The van der Waals surface area contributed by atoms with Gasteiger partial charge in [0.25, 0.3) is 0 Å². The van der Waals surface area contributed by atoms with Gasteiger partial charge in [-0.3, -0.25) is 14.9 Å². The van der Waals surface area contributed by atoms with E-state index in [1.54, 1.807) is 4.90 Å². The zero-order chi connectivity index (χ0) is 17.7. The molecule has 1 saturated heterocycles. The van der Waals surface area contributed by atoms with Crippen molar-refractivity contribution < 1.29 is 18.8 Å². The second-order valence-electron chi connectivity index (χ2n) is 5.60. The fourth-order valence-corrected chi connectivity index (χ4v) is 2.83. The predicted molar refractivity (Wildman–Crippen MR) is 86.6 cm³/mol. The van der Waals surface area contributed by atoms with E-state index >= 15 is 0 Å². The van der Waals surface area contributed by atoms with Gasteiger partial charge in [-0.2, -0.15) is 0 Å². The normalized spacial score (nSPS) is 17.5. The van der Waals surface area contributed by atoms with E-state index in [1.165, 1.54) is 13.2 Å². The SMILES string of the molecule is COc1cc(N2CCCC(C(=O)NCCN)C2)c(F)cc1[N+](=O)[O-]. The van der Waals surface area contributed by atoms with Gasteiger partial charge in [0.05, 0.1) is 29.7 Å². The lowest BCUT2D eigenvalue weighted by Gasteiger charge is -2.34. The van der Waals surface area contributed by atoms with Crippen LogP contribution < -0.4 is 20.7 Å². The maximum Gasteiger partial charge on any atom is 0.313 e. The highest BCUT2D eigenvalue weighted by Crippen LogP contribution is 2.35. The highest BCUT2D eigenvalue weighted by molar-refractivity contribution is 5.79. The van der Waals surface area contributed by atoms with Gasteiger partial charge in [-0.15, -0.1) is 0 Å². The van der Waals surface area contributed by atoms with Crippen molar-refractivity contribution in [2.24, 2.45) is 11.7 Å². The number of carbonyl (C=O) groups is 1. The molecule has 8 nitrogen and oxygen atoms in total. The number of hydrogen-bond donors (Lipinski definition) is 2. The van der Waals surface area contributed by atoms with Crippen LogP contribution in [0.2, 0.25) is 0 Å². The molecule has 0 aliphatic carbocycles. The number of nitro benzene ring substituents is 1. The van der Waals surface area contributed by atoms with E-state index in [1.807, 2.05) is 0 Å². The summed E-state index contributed by atoms with van der Waals surface area (Å²) in [6.45, 7) is 1.66. The summed E-state index contributed by atoms with van der Waals surface area (Å²) in [4.78, 5) is 24.1. The van der Waals surface area contributed by atoms with E-state index in [2.05, 4.69) is 5.32 Å². The second kappa shape index (κ2) is 7.91. The molecule has 0 aromatic heterocycles. The lowest BCUT2D eigenvalue weighted by molar-refractivity contribution is -0.385. The Kier molecular flexibility index (Phi) is 5.91. The third kappa shape index (κ3) is 3.91. The van der Waals surface area contributed by atoms with E-state index in [0.717, 1.165) is 12.5 Å². The molecule has 132 valence electrons. The van der Waals surface area contributed by atoms with E-state index in [0.29, 0.717) is 32.6 Å². The van der Waals surface area contributed by atoms with Crippen LogP contribution in [-0.4, -0.2) is 44.1 Å². The maximum atomic E-state index is 14.3. The minimum atomic E-state index is -0.703. The molecule has 2 rings (SSSR count). The molecule has 1 amide bonds. The molecule has 1 aromatic rings. The number of benzene rings is 1. The van der Waals surface area contributed by atoms with Gasteiger partial charge in [-0.05, 0) is 12.8 Å². The summed E-state index contributed by atoms with van der Waals surface area (Å²) in [7, 11) is 1.29.